The third-order valence-corrected chi connectivity index (χ3v) is 4.74. The Balaban J connectivity index is 0.000000616. The topological polar surface area (TPSA) is 29.5 Å². The molecule has 0 atom stereocenters. The fraction of sp³-hybridized carbons (Fsp3) is 0.400. The Morgan fingerprint density at radius 1 is 0.667 bits per heavy atom. The van der Waals surface area contributed by atoms with E-state index in [9.17, 15) is 65.9 Å². The Labute approximate surface area is 226 Å². The third kappa shape index (κ3) is 12.9. The second-order valence-corrected chi connectivity index (χ2v) is 8.66. The van der Waals surface area contributed by atoms with Gasteiger partial charge in [0.05, 0.1) is 11.1 Å². The number of ether oxygens (including phenoxy) is 1. The quantitative estimate of drug-likeness (QED) is 0.301. The van der Waals surface area contributed by atoms with E-state index in [4.69, 9.17) is 5.11 Å². The molecule has 0 heterocycles. The van der Waals surface area contributed by atoms with Gasteiger partial charge in [-0.1, -0.05) is 31.9 Å². The lowest BCUT2D eigenvalue weighted by Crippen LogP contribution is -2.34. The van der Waals surface area contributed by atoms with Gasteiger partial charge < -0.3 is 9.84 Å². The van der Waals surface area contributed by atoms with Crippen molar-refractivity contribution in [3.8, 4) is 5.75 Å². The zero-order valence-corrected chi connectivity index (χ0v) is 21.5. The van der Waals surface area contributed by atoms with Crippen LogP contribution in [-0.4, -0.2) is 43.0 Å². The summed E-state index contributed by atoms with van der Waals surface area (Å²) in [5, 5.41) is 7.53. The van der Waals surface area contributed by atoms with E-state index in [0.29, 0.717) is 12.1 Å². The molecular weight excluding hydrogens is 717 g/mol. The molecule has 0 saturated carbocycles. The Morgan fingerprint density at radius 3 is 1.41 bits per heavy atom. The van der Waals surface area contributed by atoms with E-state index in [2.05, 4.69) is 36.6 Å². The van der Waals surface area contributed by atoms with Crippen LogP contribution >= 0.6 is 31.9 Å². The van der Waals surface area contributed by atoms with E-state index >= 15 is 0 Å². The number of benzene rings is 2. The zero-order valence-electron chi connectivity index (χ0n) is 18.3. The molecule has 19 heteroatoms. The summed E-state index contributed by atoms with van der Waals surface area (Å²) in [7, 11) is 0. The minimum Gasteiger partial charge on any atom is -0.486 e. The number of hydrogen-bond acceptors (Lipinski definition) is 2. The van der Waals surface area contributed by atoms with E-state index in [1.807, 2.05) is 0 Å². The van der Waals surface area contributed by atoms with Crippen molar-refractivity contribution >= 4 is 31.9 Å². The molecule has 0 aliphatic heterocycles. The first-order chi connectivity index (χ1) is 17.5. The summed E-state index contributed by atoms with van der Waals surface area (Å²) in [6, 6.07) is 5.03. The Kier molecular flexibility index (Phi) is 13.9. The van der Waals surface area contributed by atoms with Crippen LogP contribution in [0.1, 0.15) is 11.1 Å². The predicted molar refractivity (Wildman–Crippen MR) is 113 cm³/mol. The number of aliphatic hydroxyl groups excluding tert-OH is 1. The predicted octanol–water partition coefficient (Wildman–Crippen LogP) is 9.23. The number of aliphatic hydroxyl groups is 1. The molecule has 0 amide bonds. The monoisotopic (exact) mass is 728 g/mol. The van der Waals surface area contributed by atoms with Gasteiger partial charge in [-0.05, 0) is 36.4 Å². The largest absolute Gasteiger partial charge is 0.486 e. The van der Waals surface area contributed by atoms with Crippen molar-refractivity contribution in [2.24, 2.45) is 0 Å². The van der Waals surface area contributed by atoms with E-state index in [1.165, 1.54) is 0 Å². The van der Waals surface area contributed by atoms with Gasteiger partial charge in [0.1, 0.15) is 18.2 Å². The van der Waals surface area contributed by atoms with Gasteiger partial charge in [-0.3, -0.25) is 0 Å². The second kappa shape index (κ2) is 14.7. The molecule has 224 valence electrons. The Morgan fingerprint density at radius 2 is 1.08 bits per heavy atom. The standard InChI is InChI=1S/C10H6BrF7O.C7H3BrF4.C3H4F4O/c11-5-1-2-6(10(16,17)18)7(3-5)19-4-9(14,15)8(12)13;8-4-1-2-5(6(9)3-4)7(10,11)12;4-2(5)3(6,7)1-8/h1-3,8H,4H2;1-3H;2,8H,1H2. The van der Waals surface area contributed by atoms with Gasteiger partial charge in [-0.2, -0.15) is 43.9 Å². The van der Waals surface area contributed by atoms with Gasteiger partial charge >= 0.3 is 37.0 Å². The minimum absolute atomic E-state index is 0.135. The molecule has 0 saturated heterocycles. The summed E-state index contributed by atoms with van der Waals surface area (Å²) in [4.78, 5) is 0. The van der Waals surface area contributed by atoms with Crippen LogP contribution in [0.4, 0.5) is 65.9 Å². The lowest BCUT2D eigenvalue weighted by Gasteiger charge is -2.18. The number of hydrogen-bond donors (Lipinski definition) is 1. The van der Waals surface area contributed by atoms with Crippen molar-refractivity contribution in [3.05, 3.63) is 62.3 Å². The molecule has 0 radical (unpaired) electrons. The first kappa shape index (κ1) is 37.1. The van der Waals surface area contributed by atoms with Crippen molar-refractivity contribution in [2.45, 2.75) is 37.0 Å². The van der Waals surface area contributed by atoms with Crippen LogP contribution in [0.5, 0.6) is 5.75 Å². The van der Waals surface area contributed by atoms with E-state index in [0.717, 1.165) is 24.3 Å². The fourth-order valence-corrected chi connectivity index (χ4v) is 2.55. The van der Waals surface area contributed by atoms with Gasteiger partial charge in [0, 0.05) is 8.95 Å². The van der Waals surface area contributed by atoms with Crippen LogP contribution in [0.15, 0.2) is 45.3 Å². The smallest absolute Gasteiger partial charge is 0.419 e. The number of halogens is 17. The lowest BCUT2D eigenvalue weighted by atomic mass is 10.2. The molecule has 0 bridgehead atoms. The fourth-order valence-electron chi connectivity index (χ4n) is 1.88. The average Bonchev–Trinajstić information content (AvgIpc) is 2.76. The Hall–Kier alpha value is -1.89. The number of rotatable bonds is 6. The van der Waals surface area contributed by atoms with Crippen molar-refractivity contribution in [3.63, 3.8) is 0 Å². The first-order valence-corrected chi connectivity index (χ1v) is 11.0. The molecule has 1 N–H and O–H groups in total. The highest BCUT2D eigenvalue weighted by Crippen LogP contribution is 2.38. The van der Waals surface area contributed by atoms with Crippen LogP contribution in [0, 0.1) is 5.82 Å². The maximum Gasteiger partial charge on any atom is 0.419 e. The molecule has 39 heavy (non-hydrogen) atoms. The highest BCUT2D eigenvalue weighted by Gasteiger charge is 2.43. The van der Waals surface area contributed by atoms with Crippen LogP contribution in [0.2, 0.25) is 0 Å². The summed E-state index contributed by atoms with van der Waals surface area (Å²) >= 11 is 5.69. The molecule has 2 aromatic carbocycles. The van der Waals surface area contributed by atoms with Crippen LogP contribution < -0.4 is 4.74 Å². The van der Waals surface area contributed by atoms with Crippen molar-refractivity contribution < 1.29 is 75.7 Å². The van der Waals surface area contributed by atoms with Gasteiger partial charge in [0.2, 0.25) is 0 Å². The summed E-state index contributed by atoms with van der Waals surface area (Å²) in [6.07, 6.45) is -17.2. The SMILES string of the molecule is FC(F)C(F)(F)COc1cc(Br)ccc1C(F)(F)F.Fc1cc(Br)ccc1C(F)(F)F.OCC(F)(F)C(F)F. The van der Waals surface area contributed by atoms with Gasteiger partial charge in [0.25, 0.3) is 0 Å². The molecule has 2 nitrogen and oxygen atoms in total. The molecular formula is C20H13Br2F15O2. The molecule has 0 spiro atoms. The highest BCUT2D eigenvalue weighted by molar-refractivity contribution is 9.10. The summed E-state index contributed by atoms with van der Waals surface area (Å²) < 4.78 is 184. The zero-order chi connectivity index (χ0) is 31.0. The van der Waals surface area contributed by atoms with Gasteiger partial charge in [-0.25, -0.2) is 22.0 Å². The van der Waals surface area contributed by atoms with Crippen molar-refractivity contribution in [2.75, 3.05) is 13.2 Å². The van der Waals surface area contributed by atoms with E-state index in [-0.39, 0.29) is 8.95 Å². The normalized spacial score (nSPS) is 12.5. The molecule has 0 unspecified atom stereocenters. The number of alkyl halides is 14. The molecule has 0 aromatic heterocycles. The maximum absolute atomic E-state index is 12.6. The van der Waals surface area contributed by atoms with Crippen LogP contribution in [0.3, 0.4) is 0 Å². The average molecular weight is 730 g/mol. The summed E-state index contributed by atoms with van der Waals surface area (Å²) in [5.74, 6) is -11.0. The summed E-state index contributed by atoms with van der Waals surface area (Å²) in [6.45, 7) is -3.64. The Bertz CT molecular complexity index is 1040. The van der Waals surface area contributed by atoms with Crippen LogP contribution in [0.25, 0.3) is 0 Å². The molecule has 0 aliphatic rings. The van der Waals surface area contributed by atoms with Crippen molar-refractivity contribution in [1.82, 2.24) is 0 Å². The van der Waals surface area contributed by atoms with Gasteiger partial charge in [-0.15, -0.1) is 0 Å². The van der Waals surface area contributed by atoms with Crippen molar-refractivity contribution in [1.29, 1.82) is 0 Å². The third-order valence-electron chi connectivity index (χ3n) is 3.76. The minimum atomic E-state index is -4.84. The lowest BCUT2D eigenvalue weighted by molar-refractivity contribution is -0.153. The molecule has 0 aliphatic carbocycles. The first-order valence-electron chi connectivity index (χ1n) is 9.40. The second-order valence-electron chi connectivity index (χ2n) is 6.83. The molecule has 0 fully saturated rings. The molecule has 2 rings (SSSR count). The van der Waals surface area contributed by atoms with Gasteiger partial charge in [0.15, 0.2) is 6.61 Å². The molecule has 2 aromatic rings. The summed E-state index contributed by atoms with van der Waals surface area (Å²) in [5.41, 5.74) is -2.56. The maximum atomic E-state index is 12.6. The van der Waals surface area contributed by atoms with Crippen LogP contribution in [-0.2, 0) is 12.4 Å². The van der Waals surface area contributed by atoms with E-state index in [1.54, 1.807) is 0 Å². The highest BCUT2D eigenvalue weighted by atomic mass is 79.9. The van der Waals surface area contributed by atoms with E-state index < -0.39 is 73.0 Å².